The highest BCUT2D eigenvalue weighted by Crippen LogP contribution is 2.20. The third-order valence-electron chi connectivity index (χ3n) is 3.40. The van der Waals surface area contributed by atoms with E-state index in [0.29, 0.717) is 18.3 Å². The molecule has 1 N–H and O–H groups in total. The van der Waals surface area contributed by atoms with Gasteiger partial charge in [0.1, 0.15) is 12.4 Å². The van der Waals surface area contributed by atoms with Crippen LogP contribution >= 0.6 is 0 Å². The first-order chi connectivity index (χ1) is 9.52. The number of nitrogens with one attached hydrogen (secondary N) is 1. The summed E-state index contributed by atoms with van der Waals surface area (Å²) in [4.78, 5) is 9.07. The van der Waals surface area contributed by atoms with Gasteiger partial charge in [0, 0.05) is 13.6 Å². The number of aromatic nitrogens is 4. The summed E-state index contributed by atoms with van der Waals surface area (Å²) in [6.45, 7) is 9.61. The van der Waals surface area contributed by atoms with Crippen molar-refractivity contribution in [1.82, 2.24) is 19.7 Å². The van der Waals surface area contributed by atoms with E-state index in [0.717, 1.165) is 23.4 Å². The minimum Gasteiger partial charge on any atom is -0.370 e. The smallest absolute Gasteiger partial charge is 0.163 e. The highest BCUT2D eigenvalue weighted by molar-refractivity contribution is 5.86. The van der Waals surface area contributed by atoms with Gasteiger partial charge in [-0.3, -0.25) is 4.68 Å². The van der Waals surface area contributed by atoms with Crippen LogP contribution in [0.4, 0.5) is 5.82 Å². The molecule has 0 aliphatic rings. The predicted molar refractivity (Wildman–Crippen MR) is 79.6 cm³/mol. The van der Waals surface area contributed by atoms with E-state index in [4.69, 9.17) is 4.74 Å². The Bertz CT molecular complexity index is 578. The Kier molecular flexibility index (Phi) is 4.54. The van der Waals surface area contributed by atoms with Crippen LogP contribution in [0.5, 0.6) is 0 Å². The summed E-state index contributed by atoms with van der Waals surface area (Å²) in [5.41, 5.74) is 0.826. The molecule has 6 heteroatoms. The van der Waals surface area contributed by atoms with Crippen LogP contribution in [0.2, 0.25) is 0 Å². The van der Waals surface area contributed by atoms with Crippen molar-refractivity contribution in [1.29, 1.82) is 0 Å². The predicted octanol–water partition coefficient (Wildman–Crippen LogP) is 2.36. The second-order valence-corrected chi connectivity index (χ2v) is 5.28. The fourth-order valence-electron chi connectivity index (χ4n) is 1.83. The fraction of sp³-hybridized carbons (Fsp3) is 0.643. The maximum atomic E-state index is 5.81. The van der Waals surface area contributed by atoms with Crippen molar-refractivity contribution in [2.75, 3.05) is 11.9 Å². The van der Waals surface area contributed by atoms with Crippen LogP contribution in [-0.2, 0) is 18.4 Å². The van der Waals surface area contributed by atoms with Gasteiger partial charge in [-0.2, -0.15) is 5.10 Å². The van der Waals surface area contributed by atoms with Crippen molar-refractivity contribution >= 4 is 16.9 Å². The monoisotopic (exact) mass is 277 g/mol. The number of anilines is 1. The largest absolute Gasteiger partial charge is 0.370 e. The summed E-state index contributed by atoms with van der Waals surface area (Å²) in [5, 5.41) is 8.43. The summed E-state index contributed by atoms with van der Waals surface area (Å²) < 4.78 is 7.56. The molecule has 1 unspecified atom stereocenters. The van der Waals surface area contributed by atoms with E-state index in [-0.39, 0.29) is 6.10 Å². The first-order valence-corrected chi connectivity index (χ1v) is 7.07. The van der Waals surface area contributed by atoms with Crippen LogP contribution in [0.25, 0.3) is 11.0 Å². The molecular formula is C14H23N5O. The minimum absolute atomic E-state index is 0.184. The Morgan fingerprint density at radius 1 is 1.30 bits per heavy atom. The summed E-state index contributed by atoms with van der Waals surface area (Å²) in [7, 11) is 1.88. The third kappa shape index (κ3) is 3.07. The van der Waals surface area contributed by atoms with Crippen molar-refractivity contribution in [2.24, 2.45) is 13.0 Å². The lowest BCUT2D eigenvalue weighted by Gasteiger charge is -2.16. The molecule has 0 bridgehead atoms. The molecule has 0 fully saturated rings. The lowest BCUT2D eigenvalue weighted by molar-refractivity contribution is 0.0201. The van der Waals surface area contributed by atoms with Gasteiger partial charge in [0.05, 0.1) is 17.7 Å². The number of hydrogen-bond acceptors (Lipinski definition) is 5. The van der Waals surface area contributed by atoms with E-state index in [2.05, 4.69) is 41.2 Å². The molecular weight excluding hydrogens is 254 g/mol. The number of hydrogen-bond donors (Lipinski definition) is 1. The number of rotatable bonds is 6. The zero-order valence-corrected chi connectivity index (χ0v) is 12.8. The fourth-order valence-corrected chi connectivity index (χ4v) is 1.83. The molecule has 2 aromatic rings. The zero-order valence-electron chi connectivity index (χ0n) is 12.8. The standard InChI is InChI=1S/C14H23N5O/c1-6-15-13-11-7-16-19(5)14(11)18-12(17-13)8-20-10(4)9(2)3/h7,9-10H,6,8H2,1-5H3,(H,15,17,18). The summed E-state index contributed by atoms with van der Waals surface area (Å²) in [6.07, 6.45) is 1.97. The molecule has 0 saturated carbocycles. The van der Waals surface area contributed by atoms with Gasteiger partial charge in [0.25, 0.3) is 0 Å². The number of nitrogens with zero attached hydrogens (tertiary/aromatic N) is 4. The Balaban J connectivity index is 2.27. The van der Waals surface area contributed by atoms with Gasteiger partial charge in [0.15, 0.2) is 11.5 Å². The van der Waals surface area contributed by atoms with Crippen molar-refractivity contribution in [2.45, 2.75) is 40.4 Å². The van der Waals surface area contributed by atoms with E-state index in [1.54, 1.807) is 10.9 Å². The molecule has 110 valence electrons. The molecule has 0 saturated heterocycles. The van der Waals surface area contributed by atoms with E-state index >= 15 is 0 Å². The van der Waals surface area contributed by atoms with Crippen molar-refractivity contribution < 1.29 is 4.74 Å². The highest BCUT2D eigenvalue weighted by Gasteiger charge is 2.13. The normalized spacial score (nSPS) is 13.1. The average Bonchev–Trinajstić information content (AvgIpc) is 2.78. The second kappa shape index (κ2) is 6.17. The van der Waals surface area contributed by atoms with Gasteiger partial charge in [0.2, 0.25) is 0 Å². The Morgan fingerprint density at radius 3 is 2.70 bits per heavy atom. The topological polar surface area (TPSA) is 64.9 Å². The lowest BCUT2D eigenvalue weighted by Crippen LogP contribution is -2.16. The first-order valence-electron chi connectivity index (χ1n) is 7.07. The second-order valence-electron chi connectivity index (χ2n) is 5.28. The van der Waals surface area contributed by atoms with Crippen LogP contribution in [0, 0.1) is 5.92 Å². The van der Waals surface area contributed by atoms with Gasteiger partial charge >= 0.3 is 0 Å². The minimum atomic E-state index is 0.184. The molecule has 0 aliphatic carbocycles. The van der Waals surface area contributed by atoms with Crippen LogP contribution < -0.4 is 5.32 Å². The van der Waals surface area contributed by atoms with Crippen molar-refractivity contribution in [3.8, 4) is 0 Å². The zero-order chi connectivity index (χ0) is 14.7. The van der Waals surface area contributed by atoms with Crippen molar-refractivity contribution in [3.63, 3.8) is 0 Å². The van der Waals surface area contributed by atoms with E-state index in [9.17, 15) is 0 Å². The van der Waals surface area contributed by atoms with E-state index < -0.39 is 0 Å². The molecule has 0 spiro atoms. The maximum absolute atomic E-state index is 5.81. The molecule has 2 aromatic heterocycles. The quantitative estimate of drug-likeness (QED) is 0.878. The van der Waals surface area contributed by atoms with Gasteiger partial charge in [-0.25, -0.2) is 9.97 Å². The summed E-state index contributed by atoms with van der Waals surface area (Å²) in [6, 6.07) is 0. The van der Waals surface area contributed by atoms with Crippen LogP contribution in [0.15, 0.2) is 6.20 Å². The average molecular weight is 277 g/mol. The van der Waals surface area contributed by atoms with E-state index in [1.165, 1.54) is 0 Å². The number of fused-ring (bicyclic) bond motifs is 1. The highest BCUT2D eigenvalue weighted by atomic mass is 16.5. The van der Waals surface area contributed by atoms with Gasteiger partial charge in [-0.05, 0) is 19.8 Å². The SMILES string of the molecule is CCNc1nc(COC(C)C(C)C)nc2c1cnn2C. The van der Waals surface area contributed by atoms with E-state index in [1.807, 2.05) is 14.0 Å². The van der Waals surface area contributed by atoms with Gasteiger partial charge in [-0.15, -0.1) is 0 Å². The Labute approximate surface area is 119 Å². The van der Waals surface area contributed by atoms with Gasteiger partial charge in [-0.1, -0.05) is 13.8 Å². The summed E-state index contributed by atoms with van der Waals surface area (Å²) in [5.74, 6) is 1.98. The van der Waals surface area contributed by atoms with Crippen LogP contribution in [-0.4, -0.2) is 32.4 Å². The molecule has 1 atom stereocenters. The molecule has 0 aromatic carbocycles. The first kappa shape index (κ1) is 14.7. The summed E-state index contributed by atoms with van der Waals surface area (Å²) >= 11 is 0. The lowest BCUT2D eigenvalue weighted by atomic mass is 10.1. The molecule has 2 heterocycles. The third-order valence-corrected chi connectivity index (χ3v) is 3.40. The molecule has 20 heavy (non-hydrogen) atoms. The molecule has 0 radical (unpaired) electrons. The number of aryl methyl sites for hydroxylation is 1. The molecule has 2 rings (SSSR count). The molecule has 0 aliphatic heterocycles. The molecule has 0 amide bonds. The van der Waals surface area contributed by atoms with Crippen LogP contribution in [0.3, 0.4) is 0 Å². The Morgan fingerprint density at radius 2 is 2.05 bits per heavy atom. The van der Waals surface area contributed by atoms with Gasteiger partial charge < -0.3 is 10.1 Å². The number of ether oxygens (including phenoxy) is 1. The van der Waals surface area contributed by atoms with Crippen LogP contribution in [0.1, 0.15) is 33.5 Å². The molecule has 6 nitrogen and oxygen atoms in total. The van der Waals surface area contributed by atoms with Crippen molar-refractivity contribution in [3.05, 3.63) is 12.0 Å². The maximum Gasteiger partial charge on any atom is 0.163 e. The Hall–Kier alpha value is -1.69.